The molecule has 1 saturated carbocycles. The van der Waals surface area contributed by atoms with Gasteiger partial charge in [-0.1, -0.05) is 6.07 Å². The van der Waals surface area contributed by atoms with E-state index in [9.17, 15) is 9.59 Å². The number of hydrogen-bond donors (Lipinski definition) is 4. The first-order chi connectivity index (χ1) is 10.1. The molecule has 1 fully saturated rings. The fourth-order valence-corrected chi connectivity index (χ4v) is 2.36. The van der Waals surface area contributed by atoms with Crippen molar-refractivity contribution in [3.05, 3.63) is 23.8 Å². The number of para-hydroxylation sites is 1. The number of rotatable bonds is 4. The summed E-state index contributed by atoms with van der Waals surface area (Å²) in [7, 11) is 0. The molecule has 2 aliphatic rings. The molecule has 0 spiro atoms. The number of anilines is 2. The summed E-state index contributed by atoms with van der Waals surface area (Å²) in [5, 5.41) is 12.1. The smallest absolute Gasteiger partial charge is 0.254 e. The van der Waals surface area contributed by atoms with Gasteiger partial charge < -0.3 is 21.3 Å². The molecule has 3 rings (SSSR count). The zero-order valence-corrected chi connectivity index (χ0v) is 12.0. The van der Waals surface area contributed by atoms with Crippen LogP contribution in [0.4, 0.5) is 11.4 Å². The summed E-state index contributed by atoms with van der Waals surface area (Å²) in [4.78, 5) is 24.3. The molecule has 1 aliphatic carbocycles. The maximum atomic E-state index is 12.4. The van der Waals surface area contributed by atoms with Crippen LogP contribution in [-0.2, 0) is 4.79 Å². The summed E-state index contributed by atoms with van der Waals surface area (Å²) in [6.07, 6.45) is 2.07. The van der Waals surface area contributed by atoms with Crippen molar-refractivity contribution < 1.29 is 9.59 Å². The Kier molecular flexibility index (Phi) is 3.68. The van der Waals surface area contributed by atoms with E-state index in [-0.39, 0.29) is 11.8 Å². The van der Waals surface area contributed by atoms with E-state index in [1.807, 2.05) is 12.1 Å². The molecular formula is C15H20N4O2. The van der Waals surface area contributed by atoms with Gasteiger partial charge in [0.15, 0.2) is 0 Å². The van der Waals surface area contributed by atoms with Gasteiger partial charge in [-0.15, -0.1) is 0 Å². The average molecular weight is 288 g/mol. The number of fused-ring (bicyclic) bond motifs is 1. The van der Waals surface area contributed by atoms with Gasteiger partial charge in [0, 0.05) is 19.1 Å². The second kappa shape index (κ2) is 5.63. The topological polar surface area (TPSA) is 82.3 Å². The largest absolute Gasteiger partial charge is 0.382 e. The van der Waals surface area contributed by atoms with Crippen LogP contribution in [-0.4, -0.2) is 37.0 Å². The number of amides is 2. The van der Waals surface area contributed by atoms with E-state index in [4.69, 9.17) is 0 Å². The van der Waals surface area contributed by atoms with E-state index in [2.05, 4.69) is 21.3 Å². The van der Waals surface area contributed by atoms with Crippen LogP contribution in [0.5, 0.6) is 0 Å². The molecule has 4 N–H and O–H groups in total. The Morgan fingerprint density at radius 2 is 2.00 bits per heavy atom. The summed E-state index contributed by atoms with van der Waals surface area (Å²) < 4.78 is 0. The van der Waals surface area contributed by atoms with Crippen LogP contribution in [0.1, 0.15) is 30.1 Å². The fourth-order valence-electron chi connectivity index (χ4n) is 2.36. The van der Waals surface area contributed by atoms with E-state index in [0.29, 0.717) is 11.6 Å². The zero-order chi connectivity index (χ0) is 14.8. The van der Waals surface area contributed by atoms with Gasteiger partial charge in [0.25, 0.3) is 5.91 Å². The molecule has 0 saturated heterocycles. The minimum absolute atomic E-state index is 0.123. The summed E-state index contributed by atoms with van der Waals surface area (Å²) in [5.41, 5.74) is 2.28. The van der Waals surface area contributed by atoms with Crippen molar-refractivity contribution in [2.45, 2.75) is 31.8 Å². The molecule has 2 amide bonds. The molecule has 1 aromatic rings. The first-order valence-electron chi connectivity index (χ1n) is 7.37. The highest BCUT2D eigenvalue weighted by Crippen LogP contribution is 2.28. The maximum Gasteiger partial charge on any atom is 0.254 e. The van der Waals surface area contributed by atoms with Crippen molar-refractivity contribution in [3.63, 3.8) is 0 Å². The van der Waals surface area contributed by atoms with Gasteiger partial charge >= 0.3 is 0 Å². The van der Waals surface area contributed by atoms with Gasteiger partial charge in [-0.05, 0) is 31.9 Å². The number of nitrogens with one attached hydrogen (secondary N) is 4. The van der Waals surface area contributed by atoms with E-state index in [1.54, 1.807) is 13.0 Å². The maximum absolute atomic E-state index is 12.4. The van der Waals surface area contributed by atoms with Gasteiger partial charge in [-0.25, -0.2) is 0 Å². The molecule has 21 heavy (non-hydrogen) atoms. The summed E-state index contributed by atoms with van der Waals surface area (Å²) >= 11 is 0. The van der Waals surface area contributed by atoms with Crippen molar-refractivity contribution >= 4 is 23.2 Å². The summed E-state index contributed by atoms with van der Waals surface area (Å²) in [6, 6.07) is 5.29. The van der Waals surface area contributed by atoms with Gasteiger partial charge in [-0.2, -0.15) is 0 Å². The van der Waals surface area contributed by atoms with Crippen molar-refractivity contribution in [3.8, 4) is 0 Å². The van der Waals surface area contributed by atoms with Crippen molar-refractivity contribution in [2.24, 2.45) is 0 Å². The molecular weight excluding hydrogens is 268 g/mol. The standard InChI is InChI=1S/C15H20N4O2/c1-9(14(20)19-10-5-6-10)18-15(21)11-3-2-4-12-13(11)17-8-7-16-12/h2-4,9-10,16-17H,5-8H2,1H3,(H,18,21)(H,19,20). The molecule has 1 aromatic carbocycles. The molecule has 112 valence electrons. The number of benzene rings is 1. The van der Waals surface area contributed by atoms with Crippen LogP contribution < -0.4 is 21.3 Å². The number of carbonyl (C=O) groups is 2. The van der Waals surface area contributed by atoms with E-state index < -0.39 is 6.04 Å². The third-order valence-corrected chi connectivity index (χ3v) is 3.72. The van der Waals surface area contributed by atoms with Crippen LogP contribution in [0.3, 0.4) is 0 Å². The lowest BCUT2D eigenvalue weighted by Gasteiger charge is -2.23. The van der Waals surface area contributed by atoms with Gasteiger partial charge in [0.2, 0.25) is 5.91 Å². The molecule has 0 radical (unpaired) electrons. The Bertz CT molecular complexity index is 569. The molecule has 0 bridgehead atoms. The molecule has 6 heteroatoms. The third kappa shape index (κ3) is 3.09. The Balaban J connectivity index is 1.68. The third-order valence-electron chi connectivity index (χ3n) is 3.72. The molecule has 1 aliphatic heterocycles. The highest BCUT2D eigenvalue weighted by Gasteiger charge is 2.27. The predicted molar refractivity (Wildman–Crippen MR) is 81.5 cm³/mol. The Morgan fingerprint density at radius 3 is 2.76 bits per heavy atom. The quantitative estimate of drug-likeness (QED) is 0.664. The predicted octanol–water partition coefficient (Wildman–Crippen LogP) is 0.921. The second-order valence-corrected chi connectivity index (χ2v) is 5.56. The highest BCUT2D eigenvalue weighted by molar-refractivity contribution is 6.04. The van der Waals surface area contributed by atoms with Crippen molar-refractivity contribution in [1.82, 2.24) is 10.6 Å². The molecule has 1 heterocycles. The lowest BCUT2D eigenvalue weighted by Crippen LogP contribution is -2.45. The van der Waals surface area contributed by atoms with Crippen LogP contribution in [0, 0.1) is 0 Å². The highest BCUT2D eigenvalue weighted by atomic mass is 16.2. The summed E-state index contributed by atoms with van der Waals surface area (Å²) in [5.74, 6) is -0.358. The van der Waals surface area contributed by atoms with Crippen LogP contribution in [0.2, 0.25) is 0 Å². The minimum Gasteiger partial charge on any atom is -0.382 e. The molecule has 1 unspecified atom stereocenters. The Hall–Kier alpha value is -2.24. The van der Waals surface area contributed by atoms with E-state index >= 15 is 0 Å². The Labute approximate surface area is 123 Å². The summed E-state index contributed by atoms with van der Waals surface area (Å²) in [6.45, 7) is 3.31. The van der Waals surface area contributed by atoms with Crippen molar-refractivity contribution in [2.75, 3.05) is 23.7 Å². The first-order valence-corrected chi connectivity index (χ1v) is 7.37. The lowest BCUT2D eigenvalue weighted by atomic mass is 10.1. The fraction of sp³-hybridized carbons (Fsp3) is 0.467. The molecule has 1 atom stereocenters. The Morgan fingerprint density at radius 1 is 1.24 bits per heavy atom. The van der Waals surface area contributed by atoms with Crippen molar-refractivity contribution in [1.29, 1.82) is 0 Å². The lowest BCUT2D eigenvalue weighted by molar-refractivity contribution is -0.122. The molecule has 0 aromatic heterocycles. The number of carbonyl (C=O) groups excluding carboxylic acids is 2. The van der Waals surface area contributed by atoms with Gasteiger partial charge in [-0.3, -0.25) is 9.59 Å². The number of hydrogen-bond acceptors (Lipinski definition) is 4. The second-order valence-electron chi connectivity index (χ2n) is 5.56. The van der Waals surface area contributed by atoms with E-state index in [0.717, 1.165) is 37.3 Å². The minimum atomic E-state index is -0.537. The van der Waals surface area contributed by atoms with Crippen LogP contribution in [0.15, 0.2) is 18.2 Å². The SMILES string of the molecule is CC(NC(=O)c1cccc2c1NCCN2)C(=O)NC1CC1. The molecule has 6 nitrogen and oxygen atoms in total. The normalized spacial score (nSPS) is 17.8. The van der Waals surface area contributed by atoms with Gasteiger partial charge in [0.1, 0.15) is 6.04 Å². The zero-order valence-electron chi connectivity index (χ0n) is 12.0. The monoisotopic (exact) mass is 288 g/mol. The van der Waals surface area contributed by atoms with Crippen LogP contribution >= 0.6 is 0 Å². The first kappa shape index (κ1) is 13.7. The average Bonchev–Trinajstić information content (AvgIpc) is 3.30. The van der Waals surface area contributed by atoms with E-state index in [1.165, 1.54) is 0 Å². The van der Waals surface area contributed by atoms with Crippen LogP contribution in [0.25, 0.3) is 0 Å². The van der Waals surface area contributed by atoms with Gasteiger partial charge in [0.05, 0.1) is 16.9 Å².